The van der Waals surface area contributed by atoms with Gasteiger partial charge in [0.05, 0.1) is 0 Å². The number of hydrogen-bond donors (Lipinski definition) is 1. The highest BCUT2D eigenvalue weighted by atomic mass is 14.8. The first kappa shape index (κ1) is 12.8. The summed E-state index contributed by atoms with van der Waals surface area (Å²) < 4.78 is 0. The molecular weight excluding hydrogens is 194 g/mol. The zero-order chi connectivity index (χ0) is 12.1. The van der Waals surface area contributed by atoms with E-state index in [0.717, 1.165) is 25.0 Å². The van der Waals surface area contributed by atoms with E-state index in [1.165, 1.54) is 22.3 Å². The molecule has 0 saturated carbocycles. The molecule has 0 aliphatic heterocycles. The second-order valence-electron chi connectivity index (χ2n) is 4.06. The van der Waals surface area contributed by atoms with Gasteiger partial charge in [-0.3, -0.25) is 0 Å². The second-order valence-corrected chi connectivity index (χ2v) is 4.06. The molecule has 16 heavy (non-hydrogen) atoms. The van der Waals surface area contributed by atoms with Gasteiger partial charge in [-0.1, -0.05) is 27.4 Å². The van der Waals surface area contributed by atoms with Gasteiger partial charge in [-0.15, -0.1) is 0 Å². The van der Waals surface area contributed by atoms with E-state index in [-0.39, 0.29) is 0 Å². The van der Waals surface area contributed by atoms with E-state index in [2.05, 4.69) is 44.8 Å². The number of nitrogens with one attached hydrogen (secondary N) is 1. The Labute approximate surface area is 99.6 Å². The van der Waals surface area contributed by atoms with Crippen LogP contribution in [-0.2, 0) is 19.3 Å². The molecule has 0 aromatic heterocycles. The molecule has 1 aromatic carbocycles. The van der Waals surface area contributed by atoms with E-state index in [0.29, 0.717) is 0 Å². The summed E-state index contributed by atoms with van der Waals surface area (Å²) in [6.45, 7) is 10.7. The molecule has 1 aromatic rings. The van der Waals surface area contributed by atoms with Crippen molar-refractivity contribution in [3.63, 3.8) is 0 Å². The quantitative estimate of drug-likeness (QED) is 0.795. The first-order chi connectivity index (χ1) is 7.67. The predicted molar refractivity (Wildman–Crippen MR) is 72.7 cm³/mol. The van der Waals surface area contributed by atoms with Crippen molar-refractivity contribution in [2.45, 2.75) is 40.0 Å². The van der Waals surface area contributed by atoms with Gasteiger partial charge in [-0.25, -0.2) is 0 Å². The van der Waals surface area contributed by atoms with Gasteiger partial charge in [0.2, 0.25) is 0 Å². The second kappa shape index (κ2) is 5.74. The summed E-state index contributed by atoms with van der Waals surface area (Å²) in [6, 6.07) is 4.55. The van der Waals surface area contributed by atoms with Crippen LogP contribution in [-0.4, -0.2) is 7.05 Å². The van der Waals surface area contributed by atoms with Crippen LogP contribution < -0.4 is 5.32 Å². The molecule has 0 spiro atoms. The Hall–Kier alpha value is -1.24. The molecule has 1 heteroatoms. The predicted octanol–water partition coefficient (Wildman–Crippen LogP) is 3.56. The van der Waals surface area contributed by atoms with Crippen LogP contribution in [0.2, 0.25) is 0 Å². The molecule has 1 N–H and O–H groups in total. The summed E-state index contributed by atoms with van der Waals surface area (Å²) in [7, 11) is 1.92. The van der Waals surface area contributed by atoms with Crippen molar-refractivity contribution in [2.24, 2.45) is 0 Å². The highest BCUT2D eigenvalue weighted by Crippen LogP contribution is 2.22. The number of hydrogen-bond acceptors (Lipinski definition) is 1. The van der Waals surface area contributed by atoms with Crippen LogP contribution >= 0.6 is 0 Å². The van der Waals surface area contributed by atoms with Crippen LogP contribution in [0.3, 0.4) is 0 Å². The first-order valence-electron chi connectivity index (χ1n) is 6.19. The molecule has 0 aliphatic rings. The van der Waals surface area contributed by atoms with Crippen LogP contribution in [0.4, 0.5) is 0 Å². The van der Waals surface area contributed by atoms with E-state index in [1.54, 1.807) is 0 Å². The fraction of sp³-hybridized carbons (Fsp3) is 0.467. The Morgan fingerprint density at radius 2 is 1.56 bits per heavy atom. The third kappa shape index (κ3) is 2.46. The molecule has 88 valence electrons. The largest absolute Gasteiger partial charge is 0.388 e. The molecule has 0 bridgehead atoms. The molecule has 0 unspecified atom stereocenters. The topological polar surface area (TPSA) is 12.0 Å². The van der Waals surface area contributed by atoms with Crippen LogP contribution in [0, 0.1) is 0 Å². The van der Waals surface area contributed by atoms with Gasteiger partial charge in [0.25, 0.3) is 0 Å². The third-order valence-electron chi connectivity index (χ3n) is 3.20. The highest BCUT2D eigenvalue weighted by Gasteiger charge is 2.08. The molecular formula is C15H23N. The molecule has 0 saturated heterocycles. The van der Waals surface area contributed by atoms with Crippen molar-refractivity contribution in [1.29, 1.82) is 0 Å². The minimum absolute atomic E-state index is 1.01. The van der Waals surface area contributed by atoms with Gasteiger partial charge in [-0.2, -0.15) is 0 Å². The van der Waals surface area contributed by atoms with Crippen LogP contribution in [0.1, 0.15) is 43.0 Å². The number of rotatable bonds is 5. The smallest absolute Gasteiger partial charge is 0.0338 e. The van der Waals surface area contributed by atoms with Gasteiger partial charge in [0.15, 0.2) is 0 Å². The standard InChI is InChI=1S/C15H23N/c1-6-12-9-14(11(4)16-5)10-13(7-2)15(12)8-3/h9-10,16H,4,6-8H2,1-3,5H3. The van der Waals surface area contributed by atoms with Crippen molar-refractivity contribution in [3.05, 3.63) is 41.0 Å². The summed E-state index contributed by atoms with van der Waals surface area (Å²) in [5, 5.41) is 3.13. The lowest BCUT2D eigenvalue weighted by atomic mass is 9.92. The summed E-state index contributed by atoms with van der Waals surface area (Å²) >= 11 is 0. The van der Waals surface area contributed by atoms with Gasteiger partial charge in [0, 0.05) is 12.7 Å². The molecule has 0 radical (unpaired) electrons. The van der Waals surface area contributed by atoms with Crippen LogP contribution in [0.25, 0.3) is 5.70 Å². The van der Waals surface area contributed by atoms with Gasteiger partial charge in [-0.05, 0) is 53.6 Å². The lowest BCUT2D eigenvalue weighted by Crippen LogP contribution is -2.06. The SMILES string of the molecule is C=C(NC)c1cc(CC)c(CC)c(CC)c1. The van der Waals surface area contributed by atoms with Crippen LogP contribution in [0.15, 0.2) is 18.7 Å². The van der Waals surface area contributed by atoms with E-state index in [4.69, 9.17) is 0 Å². The normalized spacial score (nSPS) is 10.2. The third-order valence-corrected chi connectivity index (χ3v) is 3.20. The molecule has 0 heterocycles. The zero-order valence-corrected chi connectivity index (χ0v) is 11.0. The Kier molecular flexibility index (Phi) is 4.60. The molecule has 1 rings (SSSR count). The maximum atomic E-state index is 4.04. The number of benzene rings is 1. The maximum absolute atomic E-state index is 4.04. The van der Waals surface area contributed by atoms with E-state index in [9.17, 15) is 0 Å². The molecule has 0 atom stereocenters. The molecule has 0 aliphatic carbocycles. The van der Waals surface area contributed by atoms with E-state index in [1.807, 2.05) is 7.05 Å². The minimum Gasteiger partial charge on any atom is -0.388 e. The Morgan fingerprint density at radius 1 is 1.06 bits per heavy atom. The summed E-state index contributed by atoms with van der Waals surface area (Å²) in [5.74, 6) is 0. The van der Waals surface area contributed by atoms with Crippen molar-refractivity contribution in [1.82, 2.24) is 5.32 Å². The Morgan fingerprint density at radius 3 is 1.88 bits per heavy atom. The fourth-order valence-corrected chi connectivity index (χ4v) is 2.20. The van der Waals surface area contributed by atoms with Crippen molar-refractivity contribution in [2.75, 3.05) is 7.05 Å². The fourth-order valence-electron chi connectivity index (χ4n) is 2.20. The Balaban J connectivity index is 3.31. The van der Waals surface area contributed by atoms with Gasteiger partial charge >= 0.3 is 0 Å². The lowest BCUT2D eigenvalue weighted by Gasteiger charge is -2.15. The minimum atomic E-state index is 1.01. The maximum Gasteiger partial charge on any atom is 0.0338 e. The monoisotopic (exact) mass is 217 g/mol. The van der Waals surface area contributed by atoms with Gasteiger partial charge in [0.1, 0.15) is 0 Å². The van der Waals surface area contributed by atoms with Crippen molar-refractivity contribution < 1.29 is 0 Å². The summed E-state index contributed by atoms with van der Waals surface area (Å²) in [4.78, 5) is 0. The summed E-state index contributed by atoms with van der Waals surface area (Å²) in [5.41, 5.74) is 6.69. The van der Waals surface area contributed by atoms with E-state index < -0.39 is 0 Å². The molecule has 0 amide bonds. The van der Waals surface area contributed by atoms with Crippen LogP contribution in [0.5, 0.6) is 0 Å². The van der Waals surface area contributed by atoms with Crippen molar-refractivity contribution >= 4 is 5.70 Å². The average molecular weight is 217 g/mol. The summed E-state index contributed by atoms with van der Waals surface area (Å²) in [6.07, 6.45) is 3.32. The first-order valence-corrected chi connectivity index (χ1v) is 6.19. The zero-order valence-electron chi connectivity index (χ0n) is 11.0. The highest BCUT2D eigenvalue weighted by molar-refractivity contribution is 5.64. The lowest BCUT2D eigenvalue weighted by molar-refractivity contribution is 0.975. The number of aryl methyl sites for hydroxylation is 2. The Bertz CT molecular complexity index is 352. The van der Waals surface area contributed by atoms with Crippen molar-refractivity contribution in [3.8, 4) is 0 Å². The molecule has 1 nitrogen and oxygen atoms in total. The van der Waals surface area contributed by atoms with E-state index >= 15 is 0 Å². The average Bonchev–Trinajstić information content (AvgIpc) is 2.35. The molecule has 0 fully saturated rings. The van der Waals surface area contributed by atoms with Gasteiger partial charge < -0.3 is 5.32 Å².